The van der Waals surface area contributed by atoms with E-state index in [0.29, 0.717) is 53.2 Å². The van der Waals surface area contributed by atoms with E-state index in [0.717, 1.165) is 28.5 Å². The lowest BCUT2D eigenvalue weighted by Gasteiger charge is -2.40. The van der Waals surface area contributed by atoms with Crippen molar-refractivity contribution in [3.05, 3.63) is 86.2 Å². The molecule has 27 nitrogen and oxygen atoms in total. The molecule has 4 aliphatic heterocycles. The second-order valence-corrected chi connectivity index (χ2v) is 20.8. The molecule has 2 aromatic heterocycles. The van der Waals surface area contributed by atoms with E-state index < -0.39 is 116 Å². The van der Waals surface area contributed by atoms with Gasteiger partial charge >= 0.3 is 5.97 Å². The minimum atomic E-state index is -1.97. The van der Waals surface area contributed by atoms with E-state index in [9.17, 15) is 63.9 Å². The van der Waals surface area contributed by atoms with Gasteiger partial charge in [0.2, 0.25) is 42.2 Å². The Morgan fingerprint density at radius 3 is 2.34 bits per heavy atom. The fraction of sp³-hybridized carbons (Fsp3) is 0.509. The van der Waals surface area contributed by atoms with E-state index >= 15 is 0 Å². The molecule has 4 aromatic rings. The van der Waals surface area contributed by atoms with Crippen LogP contribution in [0.3, 0.4) is 0 Å². The first-order valence-electron chi connectivity index (χ1n) is 27.2. The summed E-state index contributed by atoms with van der Waals surface area (Å²) < 4.78 is 29.8. The van der Waals surface area contributed by atoms with Crippen LogP contribution in [0, 0.1) is 0 Å². The molecule has 0 saturated carbocycles. The molecule has 1 fully saturated rings. The topological polar surface area (TPSA) is 400 Å². The van der Waals surface area contributed by atoms with E-state index in [1.807, 2.05) is 6.07 Å². The molecule has 0 radical (unpaired) electrons. The maximum Gasteiger partial charge on any atom is 0.343 e. The normalized spacial score (nSPS) is 22.6. The SMILES string of the molecule is CC[C@@]1(O)C(=O)OCc2c1cc1n(c2=O)Cc2c-1nc1cc3c(c4c1c2[C@@H](CCCOCNC(=O)CNC(=O)[C@H](Cc1ccccc1)NC(=O)CNC(=O)CNC(=O)[C@@H](N)CCC(=O)NC[C@@H]1O[C@H](CO)[C@@H](O)[C@H](O)[C@H]1O)CC4)OCO3. The molecule has 1 saturated heterocycles. The molecule has 9 rings (SSSR count). The maximum atomic E-state index is 14.1. The quantitative estimate of drug-likeness (QED) is 0.0165. The van der Waals surface area contributed by atoms with Crippen molar-refractivity contribution in [3.63, 3.8) is 0 Å². The zero-order valence-electron chi connectivity index (χ0n) is 44.9. The van der Waals surface area contributed by atoms with Crippen molar-refractivity contribution in [1.29, 1.82) is 0 Å². The number of benzene rings is 2. The minimum Gasteiger partial charge on any atom is -0.458 e. The van der Waals surface area contributed by atoms with Crippen LogP contribution in [0.5, 0.6) is 11.5 Å². The monoisotopic (exact) mass is 1140 g/mol. The number of nitrogens with zero attached hydrogens (tertiary/aromatic N) is 2. The number of nitrogens with one attached hydrogen (secondary N) is 6. The third-order valence-electron chi connectivity index (χ3n) is 15.6. The molecule has 9 atom stereocenters. The summed E-state index contributed by atoms with van der Waals surface area (Å²) in [6, 6.07) is 9.93. The second-order valence-electron chi connectivity index (χ2n) is 20.8. The van der Waals surface area contributed by atoms with Gasteiger partial charge in [0, 0.05) is 54.1 Å². The summed E-state index contributed by atoms with van der Waals surface area (Å²) in [5.74, 6) is -3.64. The van der Waals surface area contributed by atoms with E-state index in [1.165, 1.54) is 0 Å². The van der Waals surface area contributed by atoms with Gasteiger partial charge in [-0.3, -0.25) is 33.6 Å². The highest BCUT2D eigenvalue weighted by atomic mass is 16.7. The van der Waals surface area contributed by atoms with Gasteiger partial charge in [-0.2, -0.15) is 0 Å². The summed E-state index contributed by atoms with van der Waals surface area (Å²) in [6.45, 7) is -0.689. The molecular weight excluding hydrogens is 1070 g/mol. The summed E-state index contributed by atoms with van der Waals surface area (Å²) in [5.41, 5.74) is 9.37. The lowest BCUT2D eigenvalue weighted by molar-refractivity contribution is -0.227. The first kappa shape index (κ1) is 59.0. The average Bonchev–Trinajstić information content (AvgIpc) is 1.93. The van der Waals surface area contributed by atoms with Gasteiger partial charge in [0.25, 0.3) is 5.56 Å². The number of aliphatic hydroxyl groups excluding tert-OH is 4. The highest BCUT2D eigenvalue weighted by Gasteiger charge is 2.47. The predicted octanol–water partition coefficient (Wildman–Crippen LogP) is -3.15. The largest absolute Gasteiger partial charge is 0.458 e. The zero-order chi connectivity index (χ0) is 58.4. The molecule has 6 heterocycles. The smallest absolute Gasteiger partial charge is 0.343 e. The van der Waals surface area contributed by atoms with Crippen molar-refractivity contribution in [2.24, 2.45) is 5.73 Å². The number of ether oxygens (including phenoxy) is 5. The fourth-order valence-electron chi connectivity index (χ4n) is 11.1. The van der Waals surface area contributed by atoms with E-state index in [1.54, 1.807) is 47.9 Å². The number of cyclic esters (lactones) is 1. The van der Waals surface area contributed by atoms with Crippen LogP contribution >= 0.6 is 0 Å². The third kappa shape index (κ3) is 12.6. The Hall–Kier alpha value is -7.63. The second kappa shape index (κ2) is 25.7. The highest BCUT2D eigenvalue weighted by molar-refractivity contribution is 5.96. The van der Waals surface area contributed by atoms with E-state index in [-0.39, 0.29) is 88.1 Å². The van der Waals surface area contributed by atoms with Crippen molar-refractivity contribution in [2.45, 2.75) is 126 Å². The molecule has 6 amide bonds. The number of hydrogen-bond acceptors (Lipinski definition) is 20. The van der Waals surface area contributed by atoms with Crippen LogP contribution in [-0.4, -0.2) is 172 Å². The van der Waals surface area contributed by atoms with Crippen molar-refractivity contribution >= 4 is 52.3 Å². The number of fused-ring (bicyclic) bond motifs is 7. The molecule has 13 N–H and O–H groups in total. The van der Waals surface area contributed by atoms with E-state index in [2.05, 4.69) is 31.9 Å². The number of aryl methyl sites for hydroxylation is 1. The van der Waals surface area contributed by atoms with Crippen LogP contribution in [0.25, 0.3) is 22.3 Å². The summed E-state index contributed by atoms with van der Waals surface area (Å²) in [5, 5.41) is 66.7. The van der Waals surface area contributed by atoms with Gasteiger partial charge in [-0.25, -0.2) is 9.78 Å². The Kier molecular flexibility index (Phi) is 18.5. The number of nitrogens with two attached hydrogens (primary N) is 1. The van der Waals surface area contributed by atoms with Crippen LogP contribution in [0.15, 0.2) is 47.3 Å². The molecular formula is C55H67N9O18. The number of pyridine rings is 2. The zero-order valence-corrected chi connectivity index (χ0v) is 44.9. The molecule has 27 heteroatoms. The Labute approximate surface area is 468 Å². The molecule has 5 aliphatic rings. The van der Waals surface area contributed by atoms with Gasteiger partial charge in [0.1, 0.15) is 49.9 Å². The molecule has 0 spiro atoms. The third-order valence-corrected chi connectivity index (χ3v) is 15.6. The van der Waals surface area contributed by atoms with Crippen molar-refractivity contribution in [2.75, 3.05) is 52.9 Å². The van der Waals surface area contributed by atoms with Gasteiger partial charge in [0.15, 0.2) is 17.1 Å². The van der Waals surface area contributed by atoms with Crippen LogP contribution in [0.4, 0.5) is 0 Å². The maximum absolute atomic E-state index is 14.1. The average molecular weight is 1140 g/mol. The summed E-state index contributed by atoms with van der Waals surface area (Å²) in [7, 11) is 0. The molecule has 0 bridgehead atoms. The lowest BCUT2D eigenvalue weighted by atomic mass is 9.77. The fourth-order valence-corrected chi connectivity index (χ4v) is 11.1. The number of hydrogen-bond donors (Lipinski definition) is 12. The minimum absolute atomic E-state index is 0.0141. The number of carbonyl (C=O) groups excluding carboxylic acids is 7. The molecule has 1 aliphatic carbocycles. The predicted molar refractivity (Wildman–Crippen MR) is 285 cm³/mol. The number of aliphatic hydroxyl groups is 5. The molecule has 0 unspecified atom stereocenters. The lowest BCUT2D eigenvalue weighted by Crippen LogP contribution is -2.60. The molecule has 440 valence electrons. The Morgan fingerprint density at radius 2 is 1.59 bits per heavy atom. The van der Waals surface area contributed by atoms with Crippen molar-refractivity contribution in [3.8, 4) is 22.9 Å². The molecule has 2 aromatic carbocycles. The van der Waals surface area contributed by atoms with Crippen molar-refractivity contribution < 1.29 is 82.8 Å². The van der Waals surface area contributed by atoms with Crippen LogP contribution in [0.2, 0.25) is 0 Å². The first-order chi connectivity index (χ1) is 39.4. The van der Waals surface area contributed by atoms with Gasteiger partial charge in [-0.1, -0.05) is 37.3 Å². The Morgan fingerprint density at radius 1 is 0.854 bits per heavy atom. The number of amides is 6. The van der Waals surface area contributed by atoms with Crippen LogP contribution < -0.4 is 52.7 Å². The standard InChI is InChI=1S/C55H67N9O18/c1-2-55(77)32-16-36-46-30(22-64(36)53(75)31(32)24-79-54(55)76)44-28(10-11-29-45(44)34(63-46)17-37-50(29)81-26-80-37)9-6-14-78-25-61-42(68)20-60-52(74)35(15-27-7-4-3-5-8-27)62-43(69)21-58-41(67)19-59-51(73)33(56)12-13-40(66)57-18-38-47(70)49(72)48(71)39(23-65)82-38/h3-5,7-8,16-17,28,33,35,38-39,47-49,65,70-72,77H,2,6,9-15,18-26,56H2,1H3,(H,57,66)(H,58,67)(H,59,73)(H,60,74)(H,61,68)(H,62,69)/t28-,33-,35-,38-,39+,47-,48+,49+,55-/m0/s1. The number of aromatic nitrogens is 2. The van der Waals surface area contributed by atoms with Gasteiger partial charge in [0.05, 0.1) is 61.3 Å². The summed E-state index contributed by atoms with van der Waals surface area (Å²) >= 11 is 0. The van der Waals surface area contributed by atoms with Crippen molar-refractivity contribution in [1.82, 2.24) is 41.5 Å². The first-order valence-corrected chi connectivity index (χ1v) is 27.2. The number of esters is 1. The highest BCUT2D eigenvalue weighted by Crippen LogP contribution is 2.51. The van der Waals surface area contributed by atoms with Gasteiger partial charge in [-0.05, 0) is 61.6 Å². The van der Waals surface area contributed by atoms with Crippen LogP contribution in [0.1, 0.15) is 84.7 Å². The van der Waals surface area contributed by atoms with Gasteiger partial charge < -0.3 is 91.4 Å². The summed E-state index contributed by atoms with van der Waals surface area (Å²) in [4.78, 5) is 109. The molecule has 82 heavy (non-hydrogen) atoms. The van der Waals surface area contributed by atoms with E-state index in [4.69, 9.17) is 34.4 Å². The number of carbonyl (C=O) groups is 7. The number of rotatable bonds is 24. The van der Waals surface area contributed by atoms with Gasteiger partial charge in [-0.15, -0.1) is 0 Å². The Bertz CT molecular complexity index is 3180. The Balaban J connectivity index is 0.716. The summed E-state index contributed by atoms with van der Waals surface area (Å²) in [6.07, 6.45) is -4.61. The van der Waals surface area contributed by atoms with Crippen LogP contribution in [-0.2, 0) is 79.4 Å².